The van der Waals surface area contributed by atoms with Gasteiger partial charge in [-0.1, -0.05) is 0 Å². The van der Waals surface area contributed by atoms with Gasteiger partial charge in [0.1, 0.15) is 17.6 Å². The molecule has 1 aromatic rings. The maximum Gasteiger partial charge on any atom is 0.238 e. The Hall–Kier alpha value is -1.96. The van der Waals surface area contributed by atoms with E-state index in [2.05, 4.69) is 5.32 Å². The largest absolute Gasteiger partial charge is 0.492 e. The number of nitrogens with one attached hydrogen (secondary N) is 1. The number of amides is 1. The first kappa shape index (κ1) is 15.4. The van der Waals surface area contributed by atoms with Gasteiger partial charge in [0.15, 0.2) is 21.3 Å². The predicted octanol–water partition coefficient (Wildman–Crippen LogP) is 0.343. The first-order valence-electron chi connectivity index (χ1n) is 6.37. The molecule has 8 heteroatoms. The van der Waals surface area contributed by atoms with Crippen LogP contribution in [0.5, 0.6) is 17.2 Å². The standard InChI is InChI=1S/C13H17NO6S/c1-9(21(2,16)17)13(15)14-5-6-18-10-3-4-11-12(7-10)20-8-19-11/h3-4,7,9H,5-6,8H2,1-2H3,(H,14,15)/t9-/m1/s1. The zero-order valence-corrected chi connectivity index (χ0v) is 12.6. The topological polar surface area (TPSA) is 90.9 Å². The molecule has 1 heterocycles. The van der Waals surface area contributed by atoms with Crippen LogP contribution in [0.1, 0.15) is 6.92 Å². The molecule has 0 aromatic heterocycles. The fourth-order valence-corrected chi connectivity index (χ4v) is 2.12. The summed E-state index contributed by atoms with van der Waals surface area (Å²) in [6, 6.07) is 5.17. The van der Waals surface area contributed by atoms with Crippen LogP contribution in [0.3, 0.4) is 0 Å². The summed E-state index contributed by atoms with van der Waals surface area (Å²) in [7, 11) is -3.38. The Balaban J connectivity index is 1.76. The van der Waals surface area contributed by atoms with Crippen molar-refractivity contribution in [1.29, 1.82) is 0 Å². The number of rotatable bonds is 6. The second-order valence-electron chi connectivity index (χ2n) is 4.63. The van der Waals surface area contributed by atoms with Crippen LogP contribution < -0.4 is 19.5 Å². The summed E-state index contributed by atoms with van der Waals surface area (Å²) >= 11 is 0. The zero-order valence-electron chi connectivity index (χ0n) is 11.8. The van der Waals surface area contributed by atoms with Gasteiger partial charge in [-0.25, -0.2) is 8.42 Å². The predicted molar refractivity (Wildman–Crippen MR) is 75.4 cm³/mol. The van der Waals surface area contributed by atoms with Gasteiger partial charge in [-0.05, 0) is 19.1 Å². The van der Waals surface area contributed by atoms with Gasteiger partial charge in [0.2, 0.25) is 12.7 Å². The molecular formula is C13H17NO6S. The number of hydrogen-bond acceptors (Lipinski definition) is 6. The monoisotopic (exact) mass is 315 g/mol. The van der Waals surface area contributed by atoms with E-state index < -0.39 is 21.0 Å². The molecule has 0 aliphatic carbocycles. The van der Waals surface area contributed by atoms with Crippen LogP contribution in [-0.4, -0.2) is 45.8 Å². The second kappa shape index (κ2) is 6.21. The van der Waals surface area contributed by atoms with E-state index in [1.54, 1.807) is 18.2 Å². The van der Waals surface area contributed by atoms with E-state index in [0.717, 1.165) is 6.26 Å². The highest BCUT2D eigenvalue weighted by molar-refractivity contribution is 7.92. The Kier molecular flexibility index (Phi) is 4.56. The molecule has 2 rings (SSSR count). The molecule has 0 saturated carbocycles. The third kappa shape index (κ3) is 4.01. The maximum absolute atomic E-state index is 11.6. The molecule has 0 unspecified atom stereocenters. The minimum Gasteiger partial charge on any atom is -0.492 e. The number of fused-ring (bicyclic) bond motifs is 1. The lowest BCUT2D eigenvalue weighted by atomic mass is 10.3. The summed E-state index contributed by atoms with van der Waals surface area (Å²) in [5, 5.41) is 1.45. The van der Waals surface area contributed by atoms with Crippen molar-refractivity contribution in [2.75, 3.05) is 26.2 Å². The van der Waals surface area contributed by atoms with E-state index in [1.165, 1.54) is 6.92 Å². The molecule has 0 fully saturated rings. The Bertz CT molecular complexity index is 628. The minimum absolute atomic E-state index is 0.193. The number of hydrogen-bond donors (Lipinski definition) is 1. The van der Waals surface area contributed by atoms with Crippen LogP contribution >= 0.6 is 0 Å². The van der Waals surface area contributed by atoms with Crippen LogP contribution in [0.15, 0.2) is 18.2 Å². The number of ether oxygens (including phenoxy) is 3. The molecule has 21 heavy (non-hydrogen) atoms. The van der Waals surface area contributed by atoms with Crippen LogP contribution in [0, 0.1) is 0 Å². The van der Waals surface area contributed by atoms with E-state index in [-0.39, 0.29) is 19.9 Å². The van der Waals surface area contributed by atoms with Crippen LogP contribution in [0.25, 0.3) is 0 Å². The molecule has 1 amide bonds. The van der Waals surface area contributed by atoms with Crippen molar-refractivity contribution in [2.24, 2.45) is 0 Å². The van der Waals surface area contributed by atoms with Gasteiger partial charge in [0, 0.05) is 12.3 Å². The van der Waals surface area contributed by atoms with E-state index in [9.17, 15) is 13.2 Å². The Morgan fingerprint density at radius 3 is 2.81 bits per heavy atom. The average molecular weight is 315 g/mol. The third-order valence-corrected chi connectivity index (χ3v) is 4.52. The van der Waals surface area contributed by atoms with Crippen molar-refractivity contribution >= 4 is 15.7 Å². The number of carbonyl (C=O) groups excluding carboxylic acids is 1. The van der Waals surface area contributed by atoms with Gasteiger partial charge < -0.3 is 19.5 Å². The van der Waals surface area contributed by atoms with Gasteiger partial charge >= 0.3 is 0 Å². The van der Waals surface area contributed by atoms with E-state index >= 15 is 0 Å². The summed E-state index contributed by atoms with van der Waals surface area (Å²) in [5.41, 5.74) is 0. The van der Waals surface area contributed by atoms with E-state index in [4.69, 9.17) is 14.2 Å². The summed E-state index contributed by atoms with van der Waals surface area (Å²) in [6.07, 6.45) is 1.03. The van der Waals surface area contributed by atoms with Gasteiger partial charge in [-0.15, -0.1) is 0 Å². The van der Waals surface area contributed by atoms with Crippen LogP contribution in [0.4, 0.5) is 0 Å². The van der Waals surface area contributed by atoms with Gasteiger partial charge in [0.25, 0.3) is 0 Å². The molecule has 7 nitrogen and oxygen atoms in total. The van der Waals surface area contributed by atoms with Crippen molar-refractivity contribution in [3.63, 3.8) is 0 Å². The van der Waals surface area contributed by atoms with Crippen LogP contribution in [-0.2, 0) is 14.6 Å². The number of sulfone groups is 1. The van der Waals surface area contributed by atoms with Gasteiger partial charge in [0.05, 0.1) is 6.54 Å². The van der Waals surface area contributed by atoms with Crippen molar-refractivity contribution in [3.05, 3.63) is 18.2 Å². The molecular weight excluding hydrogens is 298 g/mol. The Morgan fingerprint density at radius 2 is 2.10 bits per heavy atom. The fraction of sp³-hybridized carbons (Fsp3) is 0.462. The molecule has 1 aliphatic heterocycles. The molecule has 0 spiro atoms. The normalized spacial score (nSPS) is 14.6. The minimum atomic E-state index is -3.38. The molecule has 1 aromatic carbocycles. The molecule has 0 saturated heterocycles. The first-order chi connectivity index (χ1) is 9.88. The molecule has 0 radical (unpaired) electrons. The van der Waals surface area contributed by atoms with E-state index in [0.29, 0.717) is 17.2 Å². The van der Waals surface area contributed by atoms with Crippen molar-refractivity contribution in [2.45, 2.75) is 12.2 Å². The quantitative estimate of drug-likeness (QED) is 0.761. The highest BCUT2D eigenvalue weighted by Gasteiger charge is 2.22. The highest BCUT2D eigenvalue weighted by atomic mass is 32.2. The van der Waals surface area contributed by atoms with Gasteiger partial charge in [-0.2, -0.15) is 0 Å². The SMILES string of the molecule is C[C@H](C(=O)NCCOc1ccc2c(c1)OCO2)S(C)(=O)=O. The molecule has 1 N–H and O–H groups in total. The molecule has 0 bridgehead atoms. The Labute approximate surface area is 123 Å². The zero-order chi connectivity index (χ0) is 15.5. The third-order valence-electron chi connectivity index (χ3n) is 3.03. The molecule has 1 aliphatic rings. The van der Waals surface area contributed by atoms with Gasteiger partial charge in [-0.3, -0.25) is 4.79 Å². The summed E-state index contributed by atoms with van der Waals surface area (Å²) in [5.74, 6) is 1.33. The average Bonchev–Trinajstić information content (AvgIpc) is 2.89. The lowest BCUT2D eigenvalue weighted by Gasteiger charge is -2.11. The maximum atomic E-state index is 11.6. The molecule has 116 valence electrons. The van der Waals surface area contributed by atoms with Crippen molar-refractivity contribution < 1.29 is 27.4 Å². The van der Waals surface area contributed by atoms with Crippen molar-refractivity contribution in [3.8, 4) is 17.2 Å². The number of carbonyl (C=O) groups is 1. The first-order valence-corrected chi connectivity index (χ1v) is 8.32. The van der Waals surface area contributed by atoms with Crippen LogP contribution in [0.2, 0.25) is 0 Å². The number of benzene rings is 1. The van der Waals surface area contributed by atoms with E-state index in [1.807, 2.05) is 0 Å². The lowest BCUT2D eigenvalue weighted by Crippen LogP contribution is -2.39. The lowest BCUT2D eigenvalue weighted by molar-refractivity contribution is -0.120. The molecule has 1 atom stereocenters. The Morgan fingerprint density at radius 1 is 1.38 bits per heavy atom. The second-order valence-corrected chi connectivity index (χ2v) is 6.99. The smallest absolute Gasteiger partial charge is 0.238 e. The summed E-state index contributed by atoms with van der Waals surface area (Å²) < 4.78 is 38.3. The van der Waals surface area contributed by atoms with Crippen molar-refractivity contribution in [1.82, 2.24) is 5.32 Å². The summed E-state index contributed by atoms with van der Waals surface area (Å²) in [4.78, 5) is 11.6. The fourth-order valence-electron chi connectivity index (χ4n) is 1.65. The highest BCUT2D eigenvalue weighted by Crippen LogP contribution is 2.34. The summed E-state index contributed by atoms with van der Waals surface area (Å²) in [6.45, 7) is 1.98.